The van der Waals surface area contributed by atoms with E-state index in [1.807, 2.05) is 72.7 Å². The van der Waals surface area contributed by atoms with Crippen molar-refractivity contribution < 1.29 is 30.4 Å². The fraction of sp³-hybridized carbons (Fsp3) is 0.564. The van der Waals surface area contributed by atoms with E-state index in [0.29, 0.717) is 30.7 Å². The smallest absolute Gasteiger partial charge is 0.294 e. The molecule has 274 valence electrons. The molecule has 1 amide bonds. The topological polar surface area (TPSA) is 82.7 Å². The van der Waals surface area contributed by atoms with Gasteiger partial charge in [-0.05, 0) is 63.6 Å². The first-order chi connectivity index (χ1) is 23.2. The molecular weight excluding hydrogens is 629 g/mol. The number of carbonyl (C=O) groups excluding carboxylic acids is 2. The molecule has 3 N–H and O–H groups in total. The Bertz CT molecular complexity index is 1490. The average molecular weight is 689 g/mol. The molecule has 0 spiro atoms. The van der Waals surface area contributed by atoms with Crippen molar-refractivity contribution >= 4 is 12.4 Å². The summed E-state index contributed by atoms with van der Waals surface area (Å²) in [6, 6.07) is 15.0. The fourth-order valence-corrected chi connectivity index (χ4v) is 7.16. The number of hydrogen-bond acceptors (Lipinski definition) is 6. The van der Waals surface area contributed by atoms with Crippen molar-refractivity contribution in [3.8, 4) is 0 Å². The molecule has 4 fully saturated rings. The number of ether oxygens (including phenoxy) is 1. The maximum atomic E-state index is 14.4. The Labute approximate surface area is 293 Å². The van der Waals surface area contributed by atoms with Gasteiger partial charge in [0.2, 0.25) is 5.91 Å². The van der Waals surface area contributed by atoms with Crippen LogP contribution in [0.1, 0.15) is 101 Å². The van der Waals surface area contributed by atoms with Gasteiger partial charge in [-0.2, -0.15) is 0 Å². The van der Waals surface area contributed by atoms with Gasteiger partial charge in [0.1, 0.15) is 18.6 Å². The minimum atomic E-state index is -2.93. The largest absolute Gasteiger partial charge is 0.452 e. The van der Waals surface area contributed by atoms with Crippen LogP contribution < -0.4 is 16.0 Å². The summed E-state index contributed by atoms with van der Waals surface area (Å²) in [5.74, 6) is -3.43. The van der Waals surface area contributed by atoms with Crippen molar-refractivity contribution in [3.63, 3.8) is 0 Å². The van der Waals surface area contributed by atoms with Gasteiger partial charge in [-0.15, -0.1) is 0 Å². The second-order valence-corrected chi connectivity index (χ2v) is 13.7. The minimum absolute atomic E-state index is 0. The number of aryl methyl sites for hydroxylation is 2. The number of carbonyl (C=O) groups is 2. The van der Waals surface area contributed by atoms with Gasteiger partial charge in [-0.25, -0.2) is 13.2 Å². The lowest BCUT2D eigenvalue weighted by Crippen LogP contribution is -2.80. The number of amides is 1. The number of nitrogens with zero attached hydrogens (tertiary/aromatic N) is 1. The van der Waals surface area contributed by atoms with Crippen LogP contribution in [0.25, 0.3) is 0 Å². The molecule has 1 aliphatic heterocycles. The molecule has 49 heavy (non-hydrogen) atoms. The van der Waals surface area contributed by atoms with Crippen molar-refractivity contribution in [2.45, 2.75) is 130 Å². The standard InChI is InChI=1S/C28H35F3N4O3.C7H8.2C2H6.2H2/c1-5-18-7-6-17(8-21(18)29)11-35(15-38-16-36)28-12-27(13-28,14-28)24-33-22(25(2,3)34-24)23(37)32-20-9-19(10-20)26(4,30)31;1-7-5-3-2-4-6-7;2*1-2;;/h6-8,16,22,24,33-34H,5,9,11-15H2,1-4H3,(H,32,37);2-6H,1H3;2*1-2H3;2*1H/t22-,24?,27?,28?;;;;;/m0...../s1. The highest BCUT2D eigenvalue weighted by atomic mass is 19.3. The third kappa shape index (κ3) is 9.03. The van der Waals surface area contributed by atoms with Crippen LogP contribution in [0.3, 0.4) is 0 Å². The Hall–Kier alpha value is -3.43. The highest BCUT2D eigenvalue weighted by Gasteiger charge is 2.74. The maximum Gasteiger partial charge on any atom is 0.294 e. The van der Waals surface area contributed by atoms with Crippen LogP contribution in [-0.2, 0) is 27.3 Å². The van der Waals surface area contributed by atoms with Crippen molar-refractivity contribution in [2.24, 2.45) is 5.41 Å². The normalized spacial score (nSPS) is 25.5. The molecule has 1 saturated heterocycles. The fourth-order valence-electron chi connectivity index (χ4n) is 7.16. The molecule has 7 nitrogen and oxygen atoms in total. The van der Waals surface area contributed by atoms with Gasteiger partial charge in [0, 0.05) is 44.8 Å². The van der Waals surface area contributed by atoms with E-state index in [0.717, 1.165) is 31.7 Å². The predicted molar refractivity (Wildman–Crippen MR) is 192 cm³/mol. The van der Waals surface area contributed by atoms with E-state index >= 15 is 0 Å². The number of nitrogens with one attached hydrogen (secondary N) is 3. The summed E-state index contributed by atoms with van der Waals surface area (Å²) < 4.78 is 46.2. The van der Waals surface area contributed by atoms with Crippen LogP contribution in [0.4, 0.5) is 13.2 Å². The Morgan fingerprint density at radius 3 is 2.22 bits per heavy atom. The summed E-state index contributed by atoms with van der Waals surface area (Å²) in [4.78, 5) is 26.1. The molecule has 5 aliphatic rings. The number of halogens is 3. The molecular formula is C39H59F3N4O3. The average Bonchev–Trinajstić information content (AvgIpc) is 3.32. The van der Waals surface area contributed by atoms with Gasteiger partial charge in [0.25, 0.3) is 12.4 Å². The molecule has 1 heterocycles. The van der Waals surface area contributed by atoms with Crippen LogP contribution in [0.2, 0.25) is 0 Å². The van der Waals surface area contributed by atoms with Crippen LogP contribution >= 0.6 is 0 Å². The molecule has 0 aromatic heterocycles. The lowest BCUT2D eigenvalue weighted by Gasteiger charge is -2.75. The zero-order valence-corrected chi connectivity index (χ0v) is 30.6. The Morgan fingerprint density at radius 1 is 1.12 bits per heavy atom. The van der Waals surface area contributed by atoms with E-state index in [9.17, 15) is 22.8 Å². The van der Waals surface area contributed by atoms with E-state index in [1.54, 1.807) is 12.1 Å². The van der Waals surface area contributed by atoms with Crippen LogP contribution in [0.5, 0.6) is 0 Å². The Kier molecular flexibility index (Phi) is 13.5. The molecule has 2 aromatic rings. The monoisotopic (exact) mass is 688 g/mol. The first-order valence-corrected chi connectivity index (χ1v) is 17.5. The molecule has 3 saturated carbocycles. The van der Waals surface area contributed by atoms with E-state index in [-0.39, 0.29) is 50.4 Å². The van der Waals surface area contributed by atoms with Gasteiger partial charge < -0.3 is 10.1 Å². The van der Waals surface area contributed by atoms with E-state index in [4.69, 9.17) is 4.74 Å². The second kappa shape index (κ2) is 16.5. The number of benzene rings is 2. The first-order valence-electron chi connectivity index (χ1n) is 17.5. The third-order valence-corrected chi connectivity index (χ3v) is 9.73. The summed E-state index contributed by atoms with van der Waals surface area (Å²) in [6.07, 6.45) is 3.07. The number of rotatable bonds is 11. The van der Waals surface area contributed by atoms with E-state index < -0.39 is 17.5 Å². The molecule has 10 heteroatoms. The molecule has 1 unspecified atom stereocenters. The summed E-state index contributed by atoms with van der Waals surface area (Å²) in [6.45, 7) is 17.7. The number of hydrogen-bond donors (Lipinski definition) is 3. The van der Waals surface area contributed by atoms with E-state index in [1.165, 1.54) is 5.56 Å². The maximum absolute atomic E-state index is 14.4. The molecule has 2 aromatic carbocycles. The van der Waals surface area contributed by atoms with Gasteiger partial charge in [-0.1, -0.05) is 88.4 Å². The quantitative estimate of drug-likeness (QED) is 0.126. The zero-order valence-electron chi connectivity index (χ0n) is 30.6. The van der Waals surface area contributed by atoms with Crippen LogP contribution in [0, 0.1) is 18.2 Å². The third-order valence-electron chi connectivity index (χ3n) is 9.73. The summed E-state index contributed by atoms with van der Waals surface area (Å²) in [7, 11) is 0. The van der Waals surface area contributed by atoms with Crippen molar-refractivity contribution in [1.82, 2.24) is 20.9 Å². The van der Waals surface area contributed by atoms with Gasteiger partial charge in [0.15, 0.2) is 0 Å². The Morgan fingerprint density at radius 2 is 1.73 bits per heavy atom. The predicted octanol–water partition coefficient (Wildman–Crippen LogP) is 8.03. The second-order valence-electron chi connectivity index (χ2n) is 13.7. The van der Waals surface area contributed by atoms with Crippen molar-refractivity contribution in [2.75, 3.05) is 6.73 Å². The number of alkyl halides is 2. The molecule has 2 atom stereocenters. The summed E-state index contributed by atoms with van der Waals surface area (Å²) >= 11 is 0. The van der Waals surface area contributed by atoms with E-state index in [2.05, 4.69) is 45.6 Å². The molecule has 4 aliphatic carbocycles. The Balaban J connectivity index is 0.000000875. The van der Waals surface area contributed by atoms with Gasteiger partial charge in [0.05, 0.1) is 11.9 Å². The summed E-state index contributed by atoms with van der Waals surface area (Å²) in [5, 5.41) is 9.77. The lowest BCUT2D eigenvalue weighted by atomic mass is 9.37. The highest BCUT2D eigenvalue weighted by Crippen LogP contribution is 2.71. The van der Waals surface area contributed by atoms with Crippen molar-refractivity contribution in [1.29, 1.82) is 0 Å². The van der Waals surface area contributed by atoms with Gasteiger partial charge >= 0.3 is 0 Å². The minimum Gasteiger partial charge on any atom is -0.452 e. The molecule has 0 radical (unpaired) electrons. The highest BCUT2D eigenvalue weighted by molar-refractivity contribution is 5.85. The van der Waals surface area contributed by atoms with Crippen LogP contribution in [0.15, 0.2) is 65.5 Å². The molecule has 2 bridgehead atoms. The van der Waals surface area contributed by atoms with Crippen molar-refractivity contribution in [3.05, 3.63) is 88.0 Å². The summed E-state index contributed by atoms with van der Waals surface area (Å²) in [5.41, 5.74) is 4.90. The van der Waals surface area contributed by atoms with Crippen LogP contribution in [-0.4, -0.2) is 53.2 Å². The lowest BCUT2D eigenvalue weighted by molar-refractivity contribution is -0.253. The van der Waals surface area contributed by atoms with Gasteiger partial charge in [-0.3, -0.25) is 25.1 Å². The zero-order chi connectivity index (χ0) is 36.6. The first kappa shape index (κ1) is 40.0. The molecule has 7 rings (SSSR count). The SMILES string of the molecule is CC.CC.CCc1ccc(CN(COC=O)C23CC(C4N[C@@H](C(=O)NC5=C=C(C(C)(F)F)C5)C(C)(C)N4)(C2)C3)cc1F.Cc1ccccc1.[HH].[HH].